The highest BCUT2D eigenvalue weighted by atomic mass is 32.2. The van der Waals surface area contributed by atoms with Gasteiger partial charge in [-0.3, -0.25) is 14.4 Å². The summed E-state index contributed by atoms with van der Waals surface area (Å²) in [4.78, 5) is 17.3. The number of carbonyl (C=O) groups is 1. The molecule has 0 bridgehead atoms. The van der Waals surface area contributed by atoms with Crippen LogP contribution in [0.5, 0.6) is 0 Å². The predicted octanol–water partition coefficient (Wildman–Crippen LogP) is 1.68. The number of aryl methyl sites for hydroxylation is 1. The van der Waals surface area contributed by atoms with Crippen molar-refractivity contribution in [2.24, 2.45) is 0 Å². The van der Waals surface area contributed by atoms with Gasteiger partial charge in [0.15, 0.2) is 9.84 Å². The lowest BCUT2D eigenvalue weighted by molar-refractivity contribution is -0.129. The molecule has 2 aliphatic heterocycles. The van der Waals surface area contributed by atoms with Gasteiger partial charge in [-0.2, -0.15) is 5.10 Å². The lowest BCUT2D eigenvalue weighted by atomic mass is 10.1. The normalized spacial score (nSPS) is 22.8. The van der Waals surface area contributed by atoms with E-state index in [-0.39, 0.29) is 18.0 Å². The van der Waals surface area contributed by atoms with Gasteiger partial charge in [0, 0.05) is 62.7 Å². The molecule has 2 atom stereocenters. The SMILES string of the molecule is CCn1cc(CN2CC[C@H]3[C@@H]2CC(=O)N3Cc2ccc(S(C)(=O)=O)cc2)cn1. The van der Waals surface area contributed by atoms with Crippen molar-refractivity contribution in [2.45, 2.75) is 56.4 Å². The maximum absolute atomic E-state index is 12.7. The second-order valence-electron chi connectivity index (χ2n) is 7.74. The van der Waals surface area contributed by atoms with Gasteiger partial charge in [0.2, 0.25) is 5.91 Å². The second kappa shape index (κ2) is 7.33. The molecule has 1 aromatic heterocycles. The molecule has 0 N–H and O–H groups in total. The van der Waals surface area contributed by atoms with E-state index in [2.05, 4.69) is 23.1 Å². The van der Waals surface area contributed by atoms with Crippen LogP contribution in [0.2, 0.25) is 0 Å². The standard InChI is InChI=1S/C20H26N4O3S/c1-3-23-13-16(11-21-23)12-22-9-8-18-19(22)10-20(25)24(18)14-15-4-6-17(7-5-15)28(2,26)27/h4-7,11,13,18-19H,3,8-10,12,14H2,1-2H3/t18-,19-/m0/s1. The average Bonchev–Trinajstić information content (AvgIpc) is 3.34. The number of hydrogen-bond donors (Lipinski definition) is 0. The van der Waals surface area contributed by atoms with Gasteiger partial charge in [-0.05, 0) is 31.0 Å². The Bertz CT molecular complexity index is 968. The monoisotopic (exact) mass is 402 g/mol. The molecule has 0 unspecified atom stereocenters. The number of rotatable bonds is 6. The van der Waals surface area contributed by atoms with Crippen LogP contribution in [0.1, 0.15) is 30.9 Å². The number of sulfone groups is 1. The fourth-order valence-corrected chi connectivity index (χ4v) is 4.98. The van der Waals surface area contributed by atoms with Gasteiger partial charge in [0.25, 0.3) is 0 Å². The summed E-state index contributed by atoms with van der Waals surface area (Å²) < 4.78 is 25.2. The summed E-state index contributed by atoms with van der Waals surface area (Å²) in [6.45, 7) is 5.26. The summed E-state index contributed by atoms with van der Waals surface area (Å²) in [5.41, 5.74) is 2.15. The third-order valence-electron chi connectivity index (χ3n) is 5.83. The molecule has 0 spiro atoms. The highest BCUT2D eigenvalue weighted by Gasteiger charge is 2.46. The number of nitrogens with zero attached hydrogens (tertiary/aromatic N) is 4. The van der Waals surface area contributed by atoms with Gasteiger partial charge in [-0.1, -0.05) is 12.1 Å². The molecule has 28 heavy (non-hydrogen) atoms. The number of hydrogen-bond acceptors (Lipinski definition) is 5. The molecule has 2 aromatic rings. The zero-order chi connectivity index (χ0) is 19.9. The Morgan fingerprint density at radius 1 is 1.11 bits per heavy atom. The second-order valence-corrected chi connectivity index (χ2v) is 9.76. The average molecular weight is 403 g/mol. The van der Waals surface area contributed by atoms with Crippen molar-refractivity contribution in [2.75, 3.05) is 12.8 Å². The minimum Gasteiger partial charge on any atom is -0.334 e. The predicted molar refractivity (Wildman–Crippen MR) is 105 cm³/mol. The molecule has 8 heteroatoms. The van der Waals surface area contributed by atoms with E-state index in [0.717, 1.165) is 31.6 Å². The summed E-state index contributed by atoms with van der Waals surface area (Å²) in [5.74, 6) is 0.177. The fourth-order valence-electron chi connectivity index (χ4n) is 4.35. The zero-order valence-corrected chi connectivity index (χ0v) is 17.1. The Morgan fingerprint density at radius 3 is 2.50 bits per heavy atom. The van der Waals surface area contributed by atoms with Crippen molar-refractivity contribution >= 4 is 15.7 Å². The van der Waals surface area contributed by atoms with Crippen LogP contribution < -0.4 is 0 Å². The fraction of sp³-hybridized carbons (Fsp3) is 0.500. The Balaban J connectivity index is 1.44. The van der Waals surface area contributed by atoms with E-state index in [1.807, 2.05) is 27.9 Å². The van der Waals surface area contributed by atoms with Crippen molar-refractivity contribution in [3.8, 4) is 0 Å². The van der Waals surface area contributed by atoms with Crippen LogP contribution in [0.3, 0.4) is 0 Å². The Kier molecular flexibility index (Phi) is 5.01. The van der Waals surface area contributed by atoms with Crippen molar-refractivity contribution < 1.29 is 13.2 Å². The summed E-state index contributed by atoms with van der Waals surface area (Å²) in [6.07, 6.45) is 6.71. The van der Waals surface area contributed by atoms with Crippen molar-refractivity contribution in [1.29, 1.82) is 0 Å². The largest absolute Gasteiger partial charge is 0.334 e. The van der Waals surface area contributed by atoms with Crippen LogP contribution in [-0.2, 0) is 34.3 Å². The van der Waals surface area contributed by atoms with E-state index in [4.69, 9.17) is 0 Å². The number of benzene rings is 1. The molecular formula is C20H26N4O3S. The van der Waals surface area contributed by atoms with E-state index >= 15 is 0 Å². The molecule has 7 nitrogen and oxygen atoms in total. The third-order valence-corrected chi connectivity index (χ3v) is 6.96. The van der Waals surface area contributed by atoms with Crippen LogP contribution in [0, 0.1) is 0 Å². The first-order valence-corrected chi connectivity index (χ1v) is 11.6. The Labute approximate surface area is 165 Å². The topological polar surface area (TPSA) is 75.5 Å². The number of likely N-dealkylation sites (tertiary alicyclic amines) is 2. The smallest absolute Gasteiger partial charge is 0.224 e. The van der Waals surface area contributed by atoms with E-state index in [1.54, 1.807) is 12.1 Å². The first-order chi connectivity index (χ1) is 13.3. The van der Waals surface area contributed by atoms with Gasteiger partial charge in [0.05, 0.1) is 11.1 Å². The molecule has 0 radical (unpaired) electrons. The Morgan fingerprint density at radius 2 is 1.86 bits per heavy atom. The number of fused-ring (bicyclic) bond motifs is 1. The molecule has 1 amide bonds. The van der Waals surface area contributed by atoms with E-state index in [0.29, 0.717) is 17.9 Å². The molecule has 3 heterocycles. The molecule has 2 saturated heterocycles. The minimum atomic E-state index is -3.20. The Hall–Kier alpha value is -2.19. The zero-order valence-electron chi connectivity index (χ0n) is 16.3. The third kappa shape index (κ3) is 3.71. The van der Waals surface area contributed by atoms with Crippen molar-refractivity contribution in [3.05, 3.63) is 47.8 Å². The summed E-state index contributed by atoms with van der Waals surface area (Å²) in [6, 6.07) is 7.33. The number of amides is 1. The number of aromatic nitrogens is 2. The van der Waals surface area contributed by atoms with Gasteiger partial charge in [-0.15, -0.1) is 0 Å². The highest BCUT2D eigenvalue weighted by molar-refractivity contribution is 7.90. The molecule has 2 aliphatic rings. The first kappa shape index (κ1) is 19.1. The van der Waals surface area contributed by atoms with E-state index in [9.17, 15) is 13.2 Å². The summed E-state index contributed by atoms with van der Waals surface area (Å²) >= 11 is 0. The van der Waals surface area contributed by atoms with Crippen LogP contribution in [-0.4, -0.2) is 58.8 Å². The van der Waals surface area contributed by atoms with Crippen LogP contribution in [0.15, 0.2) is 41.6 Å². The van der Waals surface area contributed by atoms with Crippen LogP contribution in [0.4, 0.5) is 0 Å². The molecule has 1 aromatic carbocycles. The van der Waals surface area contributed by atoms with Gasteiger partial charge in [0.1, 0.15) is 0 Å². The maximum atomic E-state index is 12.7. The summed E-state index contributed by atoms with van der Waals surface area (Å²) in [7, 11) is -3.20. The van der Waals surface area contributed by atoms with E-state index < -0.39 is 9.84 Å². The lowest BCUT2D eigenvalue weighted by Gasteiger charge is -2.25. The van der Waals surface area contributed by atoms with Crippen LogP contribution >= 0.6 is 0 Å². The van der Waals surface area contributed by atoms with Crippen molar-refractivity contribution in [1.82, 2.24) is 19.6 Å². The van der Waals surface area contributed by atoms with Gasteiger partial charge in [-0.25, -0.2) is 8.42 Å². The molecule has 0 saturated carbocycles. The van der Waals surface area contributed by atoms with Crippen LogP contribution in [0.25, 0.3) is 0 Å². The molecule has 150 valence electrons. The van der Waals surface area contributed by atoms with E-state index in [1.165, 1.54) is 11.8 Å². The van der Waals surface area contributed by atoms with Gasteiger partial charge < -0.3 is 4.90 Å². The first-order valence-electron chi connectivity index (χ1n) is 9.69. The molecule has 4 rings (SSSR count). The number of carbonyl (C=O) groups excluding carboxylic acids is 1. The highest BCUT2D eigenvalue weighted by Crippen LogP contribution is 2.34. The molecule has 2 fully saturated rings. The minimum absolute atomic E-state index is 0.177. The quantitative estimate of drug-likeness (QED) is 0.735. The molecule has 0 aliphatic carbocycles. The summed E-state index contributed by atoms with van der Waals surface area (Å²) in [5, 5.41) is 4.34. The lowest BCUT2D eigenvalue weighted by Crippen LogP contribution is -2.36. The van der Waals surface area contributed by atoms with Gasteiger partial charge >= 0.3 is 0 Å². The molecular weight excluding hydrogens is 376 g/mol. The van der Waals surface area contributed by atoms with Crippen molar-refractivity contribution in [3.63, 3.8) is 0 Å². The maximum Gasteiger partial charge on any atom is 0.224 e.